The van der Waals surface area contributed by atoms with Gasteiger partial charge >= 0.3 is 5.97 Å². The van der Waals surface area contributed by atoms with E-state index in [0.29, 0.717) is 24.2 Å². The third-order valence-corrected chi connectivity index (χ3v) is 6.05. The summed E-state index contributed by atoms with van der Waals surface area (Å²) in [5.74, 6) is -1.19. The first-order valence-electron chi connectivity index (χ1n) is 7.65. The number of rotatable bonds is 4. The highest BCUT2D eigenvalue weighted by Crippen LogP contribution is 2.35. The van der Waals surface area contributed by atoms with Crippen molar-refractivity contribution in [2.45, 2.75) is 31.1 Å². The normalized spacial score (nSPS) is 14.0. The molecule has 0 aliphatic carbocycles. The van der Waals surface area contributed by atoms with Gasteiger partial charge in [-0.2, -0.15) is 0 Å². The molecule has 3 rings (SSSR count). The molecule has 1 aromatic heterocycles. The molecule has 7 heteroatoms. The van der Waals surface area contributed by atoms with Gasteiger partial charge in [-0.05, 0) is 41.7 Å². The summed E-state index contributed by atoms with van der Waals surface area (Å²) in [4.78, 5) is 15.4. The zero-order valence-electron chi connectivity index (χ0n) is 13.4. The van der Waals surface area contributed by atoms with E-state index in [4.69, 9.17) is 0 Å². The SMILES string of the molecule is CC(C)c1ccc(C(=O)O)cc1S(=O)(=O)N1CCc2cnccc21. The smallest absolute Gasteiger partial charge is 0.335 e. The molecule has 0 spiro atoms. The van der Waals surface area contributed by atoms with Crippen LogP contribution >= 0.6 is 0 Å². The Morgan fingerprint density at radius 3 is 2.71 bits per heavy atom. The van der Waals surface area contributed by atoms with Gasteiger partial charge in [0.05, 0.1) is 16.1 Å². The Labute approximate surface area is 140 Å². The average molecular weight is 346 g/mol. The Hall–Kier alpha value is -2.41. The summed E-state index contributed by atoms with van der Waals surface area (Å²) in [6, 6.07) is 5.96. The van der Waals surface area contributed by atoms with E-state index in [-0.39, 0.29) is 16.4 Å². The van der Waals surface area contributed by atoms with Gasteiger partial charge in [-0.15, -0.1) is 0 Å². The molecule has 2 heterocycles. The van der Waals surface area contributed by atoms with Gasteiger partial charge in [-0.1, -0.05) is 19.9 Å². The largest absolute Gasteiger partial charge is 0.478 e. The number of pyridine rings is 1. The van der Waals surface area contributed by atoms with E-state index in [1.165, 1.54) is 16.4 Å². The van der Waals surface area contributed by atoms with Crippen molar-refractivity contribution in [3.05, 3.63) is 53.3 Å². The van der Waals surface area contributed by atoms with Gasteiger partial charge in [0.2, 0.25) is 0 Å². The van der Waals surface area contributed by atoms with Crippen LogP contribution in [0, 0.1) is 0 Å². The minimum Gasteiger partial charge on any atom is -0.478 e. The Bertz CT molecular complexity index is 907. The van der Waals surface area contributed by atoms with Crippen LogP contribution in [0.5, 0.6) is 0 Å². The van der Waals surface area contributed by atoms with Gasteiger partial charge in [0.25, 0.3) is 10.0 Å². The summed E-state index contributed by atoms with van der Waals surface area (Å²) in [5, 5.41) is 9.21. The van der Waals surface area contributed by atoms with E-state index in [2.05, 4.69) is 4.98 Å². The number of benzene rings is 1. The zero-order chi connectivity index (χ0) is 17.5. The van der Waals surface area contributed by atoms with Crippen LogP contribution < -0.4 is 4.31 Å². The maximum Gasteiger partial charge on any atom is 0.335 e. The number of anilines is 1. The van der Waals surface area contributed by atoms with Gasteiger partial charge in [0, 0.05) is 18.9 Å². The first-order chi connectivity index (χ1) is 11.3. The van der Waals surface area contributed by atoms with Crippen LogP contribution in [-0.2, 0) is 16.4 Å². The zero-order valence-corrected chi connectivity index (χ0v) is 14.2. The van der Waals surface area contributed by atoms with E-state index in [1.807, 2.05) is 13.8 Å². The second-order valence-electron chi connectivity index (χ2n) is 6.04. The molecule has 126 valence electrons. The molecule has 24 heavy (non-hydrogen) atoms. The summed E-state index contributed by atoms with van der Waals surface area (Å²) < 4.78 is 27.8. The third kappa shape index (κ3) is 2.65. The first-order valence-corrected chi connectivity index (χ1v) is 9.09. The molecular weight excluding hydrogens is 328 g/mol. The van der Waals surface area contributed by atoms with Crippen LogP contribution in [0.4, 0.5) is 5.69 Å². The molecule has 2 aromatic rings. The van der Waals surface area contributed by atoms with E-state index >= 15 is 0 Å². The number of carboxylic acid groups (broad SMARTS) is 1. The Morgan fingerprint density at radius 1 is 1.29 bits per heavy atom. The number of sulfonamides is 1. The number of aromatic carboxylic acids is 1. The van der Waals surface area contributed by atoms with Crippen molar-refractivity contribution in [2.24, 2.45) is 0 Å². The van der Waals surface area contributed by atoms with Crippen molar-refractivity contribution >= 4 is 21.7 Å². The fraction of sp³-hybridized carbons (Fsp3) is 0.294. The van der Waals surface area contributed by atoms with Crippen molar-refractivity contribution < 1.29 is 18.3 Å². The molecule has 1 aliphatic rings. The summed E-state index contributed by atoms with van der Waals surface area (Å²) in [5.41, 5.74) is 2.07. The van der Waals surface area contributed by atoms with Crippen molar-refractivity contribution in [2.75, 3.05) is 10.8 Å². The summed E-state index contributed by atoms with van der Waals surface area (Å²) >= 11 is 0. The maximum absolute atomic E-state index is 13.2. The topological polar surface area (TPSA) is 87.6 Å². The number of nitrogens with zero attached hydrogens (tertiary/aromatic N) is 2. The lowest BCUT2D eigenvalue weighted by Crippen LogP contribution is -2.30. The minimum absolute atomic E-state index is 0.0351. The van der Waals surface area contributed by atoms with Crippen LogP contribution in [0.1, 0.15) is 41.3 Å². The molecule has 1 aromatic carbocycles. The van der Waals surface area contributed by atoms with E-state index < -0.39 is 16.0 Å². The van der Waals surface area contributed by atoms with Gasteiger partial charge in [0.1, 0.15) is 0 Å². The van der Waals surface area contributed by atoms with Gasteiger partial charge < -0.3 is 5.11 Å². The molecule has 0 saturated carbocycles. The minimum atomic E-state index is -3.84. The second-order valence-corrected chi connectivity index (χ2v) is 7.87. The number of aromatic nitrogens is 1. The summed E-state index contributed by atoms with van der Waals surface area (Å²) in [6.07, 6.45) is 3.82. The molecule has 6 nitrogen and oxygen atoms in total. The van der Waals surface area contributed by atoms with Gasteiger partial charge in [0.15, 0.2) is 0 Å². The molecule has 0 amide bonds. The Balaban J connectivity index is 2.17. The van der Waals surface area contributed by atoms with Crippen LogP contribution in [-0.4, -0.2) is 31.0 Å². The molecule has 0 atom stereocenters. The fourth-order valence-corrected chi connectivity index (χ4v) is 4.82. The molecule has 0 unspecified atom stereocenters. The fourth-order valence-electron chi connectivity index (χ4n) is 2.93. The van der Waals surface area contributed by atoms with Crippen LogP contribution in [0.3, 0.4) is 0 Å². The van der Waals surface area contributed by atoms with Crippen molar-refractivity contribution in [3.8, 4) is 0 Å². The Morgan fingerprint density at radius 2 is 2.04 bits per heavy atom. The maximum atomic E-state index is 13.2. The number of carboxylic acids is 1. The number of fused-ring (bicyclic) bond motifs is 1. The summed E-state index contributed by atoms with van der Waals surface area (Å²) in [7, 11) is -3.84. The molecule has 0 saturated heterocycles. The highest BCUT2D eigenvalue weighted by molar-refractivity contribution is 7.93. The second kappa shape index (κ2) is 5.90. The lowest BCUT2D eigenvalue weighted by atomic mass is 10.0. The van der Waals surface area contributed by atoms with E-state index in [1.54, 1.807) is 24.5 Å². The Kier molecular flexibility index (Phi) is 4.04. The third-order valence-electron chi connectivity index (χ3n) is 4.18. The predicted octanol–water partition coefficient (Wildman–Crippen LogP) is 2.65. The van der Waals surface area contributed by atoms with E-state index in [9.17, 15) is 18.3 Å². The number of hydrogen-bond donors (Lipinski definition) is 1. The highest BCUT2D eigenvalue weighted by atomic mass is 32.2. The molecule has 0 radical (unpaired) electrons. The average Bonchev–Trinajstić information content (AvgIpc) is 2.98. The standard InChI is InChI=1S/C17H18N2O4S/c1-11(2)14-4-3-12(17(20)21)9-16(14)24(22,23)19-8-6-13-10-18-7-5-15(13)19/h3-5,7,9-11H,6,8H2,1-2H3,(H,20,21). The van der Waals surface area contributed by atoms with Crippen molar-refractivity contribution in [1.29, 1.82) is 0 Å². The summed E-state index contributed by atoms with van der Waals surface area (Å²) in [6.45, 7) is 4.10. The van der Waals surface area contributed by atoms with Crippen molar-refractivity contribution in [3.63, 3.8) is 0 Å². The predicted molar refractivity (Wildman–Crippen MR) is 90.0 cm³/mol. The molecule has 1 aliphatic heterocycles. The number of hydrogen-bond acceptors (Lipinski definition) is 4. The lowest BCUT2D eigenvalue weighted by molar-refractivity contribution is 0.0696. The molecule has 0 fully saturated rings. The lowest BCUT2D eigenvalue weighted by Gasteiger charge is -2.22. The van der Waals surface area contributed by atoms with Gasteiger partial charge in [-0.25, -0.2) is 13.2 Å². The van der Waals surface area contributed by atoms with Crippen LogP contribution in [0.15, 0.2) is 41.6 Å². The number of carbonyl (C=O) groups is 1. The molecule has 1 N–H and O–H groups in total. The molecular formula is C17H18N2O4S. The first kappa shape index (κ1) is 16.4. The van der Waals surface area contributed by atoms with Crippen molar-refractivity contribution in [1.82, 2.24) is 4.98 Å². The quantitative estimate of drug-likeness (QED) is 0.919. The monoisotopic (exact) mass is 346 g/mol. The van der Waals surface area contributed by atoms with Crippen LogP contribution in [0.2, 0.25) is 0 Å². The van der Waals surface area contributed by atoms with Crippen LogP contribution in [0.25, 0.3) is 0 Å². The highest BCUT2D eigenvalue weighted by Gasteiger charge is 2.33. The van der Waals surface area contributed by atoms with Gasteiger partial charge in [-0.3, -0.25) is 9.29 Å². The molecule has 0 bridgehead atoms. The van der Waals surface area contributed by atoms with E-state index in [0.717, 1.165) is 5.56 Å².